The second kappa shape index (κ2) is 23.7. The predicted molar refractivity (Wildman–Crippen MR) is 211 cm³/mol. The number of carboxylic acids is 2. The number of carbonyl (C=O) groups excluding carboxylic acids is 1. The molecular formula is C34H52N11O10PS. The van der Waals surface area contributed by atoms with Crippen molar-refractivity contribution in [1.29, 1.82) is 0 Å². The molecule has 1 aliphatic rings. The van der Waals surface area contributed by atoms with Crippen molar-refractivity contribution in [2.24, 2.45) is 22.9 Å². The van der Waals surface area contributed by atoms with Crippen molar-refractivity contribution in [2.45, 2.75) is 89.3 Å². The number of ether oxygens (including phenoxy) is 1. The third-order valence-electron chi connectivity index (χ3n) is 8.28. The highest BCUT2D eigenvalue weighted by Gasteiger charge is 2.33. The molecule has 1 saturated carbocycles. The van der Waals surface area contributed by atoms with Crippen LogP contribution in [0.5, 0.6) is 0 Å². The minimum Gasteiger partial charge on any atom is -0.480 e. The van der Waals surface area contributed by atoms with Gasteiger partial charge in [0.2, 0.25) is 0 Å². The fourth-order valence-electron chi connectivity index (χ4n) is 5.13. The highest BCUT2D eigenvalue weighted by atomic mass is 32.1. The number of anilines is 1. The molecule has 1 fully saturated rings. The van der Waals surface area contributed by atoms with Crippen LogP contribution in [0.4, 0.5) is 5.69 Å². The molecule has 57 heavy (non-hydrogen) atoms. The van der Waals surface area contributed by atoms with Gasteiger partial charge >= 0.3 is 19.8 Å². The maximum atomic E-state index is 13.1. The summed E-state index contributed by atoms with van der Waals surface area (Å²) in [7, 11) is -4.62. The van der Waals surface area contributed by atoms with Gasteiger partial charge in [-0.25, -0.2) is 14.2 Å². The van der Waals surface area contributed by atoms with Crippen molar-refractivity contribution < 1.29 is 48.2 Å². The Labute approximate surface area is 333 Å². The van der Waals surface area contributed by atoms with Gasteiger partial charge in [0.15, 0.2) is 6.73 Å². The molecule has 1 aliphatic carbocycles. The molecule has 13 N–H and O–H groups in total. The van der Waals surface area contributed by atoms with Crippen LogP contribution in [0.25, 0.3) is 22.0 Å². The number of amides is 1. The summed E-state index contributed by atoms with van der Waals surface area (Å²) >= 11 is 1.24. The second-order valence-electron chi connectivity index (χ2n) is 12.8. The highest BCUT2D eigenvalue weighted by Crippen LogP contribution is 2.37. The Morgan fingerprint density at radius 1 is 1.02 bits per heavy atom. The largest absolute Gasteiger partial charge is 0.480 e. The van der Waals surface area contributed by atoms with Crippen molar-refractivity contribution in [1.82, 2.24) is 29.5 Å². The van der Waals surface area contributed by atoms with E-state index in [1.807, 2.05) is 36.0 Å². The number of carbonyl (C=O) groups is 3. The first-order valence-electron chi connectivity index (χ1n) is 18.1. The first-order valence-corrected chi connectivity index (χ1v) is 20.5. The summed E-state index contributed by atoms with van der Waals surface area (Å²) in [6, 6.07) is 4.26. The first kappa shape index (κ1) is 46.9. The molecule has 4 heterocycles. The topological polar surface area (TPSA) is 345 Å². The molecule has 0 saturated heterocycles. The van der Waals surface area contributed by atoms with Gasteiger partial charge in [-0.2, -0.15) is 10.2 Å². The van der Waals surface area contributed by atoms with Crippen LogP contribution in [0, 0.1) is 0 Å². The van der Waals surface area contributed by atoms with E-state index in [9.17, 15) is 18.9 Å². The van der Waals surface area contributed by atoms with Gasteiger partial charge in [0.05, 0.1) is 29.7 Å². The van der Waals surface area contributed by atoms with Crippen molar-refractivity contribution in [3.8, 4) is 22.0 Å². The molecule has 21 nitrogen and oxygen atoms in total. The number of nitrogens with zero attached hydrogens (tertiary/aromatic N) is 6. The average Bonchev–Trinajstić information content (AvgIpc) is 3.93. The van der Waals surface area contributed by atoms with Crippen LogP contribution in [-0.2, 0) is 30.1 Å². The van der Waals surface area contributed by atoms with E-state index in [1.54, 1.807) is 11.6 Å². The van der Waals surface area contributed by atoms with Crippen LogP contribution in [-0.4, -0.2) is 105 Å². The Kier molecular flexibility index (Phi) is 19.5. The van der Waals surface area contributed by atoms with Gasteiger partial charge in [-0.1, -0.05) is 18.9 Å². The summed E-state index contributed by atoms with van der Waals surface area (Å²) in [5, 5.41) is 30.4. The van der Waals surface area contributed by atoms with Gasteiger partial charge in [-0.05, 0) is 70.7 Å². The average molecular weight is 838 g/mol. The molecule has 2 atom stereocenters. The molecule has 0 bridgehead atoms. The summed E-state index contributed by atoms with van der Waals surface area (Å²) in [6.45, 7) is 3.44. The van der Waals surface area contributed by atoms with E-state index in [0.717, 1.165) is 38.5 Å². The van der Waals surface area contributed by atoms with Crippen molar-refractivity contribution in [3.63, 3.8) is 0 Å². The minimum absolute atomic E-state index is 0.182. The third-order valence-corrected chi connectivity index (χ3v) is 9.63. The van der Waals surface area contributed by atoms with E-state index in [2.05, 4.69) is 24.9 Å². The summed E-state index contributed by atoms with van der Waals surface area (Å²) in [6.07, 6.45) is 12.7. The van der Waals surface area contributed by atoms with Gasteiger partial charge in [0, 0.05) is 36.1 Å². The van der Waals surface area contributed by atoms with Gasteiger partial charge in [-0.3, -0.25) is 28.6 Å². The van der Waals surface area contributed by atoms with E-state index in [4.69, 9.17) is 52.8 Å². The number of aromatic nitrogens is 6. The number of thiazole rings is 1. The Morgan fingerprint density at radius 2 is 1.67 bits per heavy atom. The second-order valence-corrected chi connectivity index (χ2v) is 14.9. The summed E-state index contributed by atoms with van der Waals surface area (Å²) in [5.41, 5.74) is 23.4. The van der Waals surface area contributed by atoms with E-state index in [1.165, 1.54) is 28.4 Å². The number of carboxylic acid groups (broad SMARTS) is 2. The Morgan fingerprint density at radius 3 is 2.21 bits per heavy atom. The van der Waals surface area contributed by atoms with Gasteiger partial charge in [-0.15, -0.1) is 11.3 Å². The van der Waals surface area contributed by atoms with Crippen molar-refractivity contribution in [3.05, 3.63) is 54.1 Å². The molecule has 5 rings (SSSR count). The number of rotatable bonds is 20. The maximum absolute atomic E-state index is 13.1. The monoisotopic (exact) mass is 837 g/mol. The lowest BCUT2D eigenvalue weighted by Crippen LogP contribution is -2.33. The molecular weight excluding hydrogens is 785 g/mol. The van der Waals surface area contributed by atoms with Gasteiger partial charge in [0.25, 0.3) is 5.91 Å². The number of phosphoric ester groups is 1. The molecule has 1 amide bonds. The standard InChI is InChI=1S/C22H24N7O6PS.2C6H14N2O2/c1-2-34-16-7-15(8-16)29-11-18(20(27-29)17-5-3-4-6-23-17)25-21(30)19-12-37-22(26-19)14-9-24-28(10-14)13-35-36(31,32)33;2*7-4-2-1-3-5(8)6(9)10/h3-6,9-12,15-16H,2,7-8,13H2,1H3,(H,25,30)(H2,31,32,33);2*5H,1-4,7-8H2,(H,9,10). The summed E-state index contributed by atoms with van der Waals surface area (Å²) in [5.74, 6) is -2.27. The summed E-state index contributed by atoms with van der Waals surface area (Å²) in [4.78, 5) is 59.8. The number of nitrogens with two attached hydrogens (primary N) is 4. The predicted octanol–water partition coefficient (Wildman–Crippen LogP) is 2.38. The molecule has 23 heteroatoms. The third kappa shape index (κ3) is 16.1. The fourth-order valence-corrected chi connectivity index (χ4v) is 6.17. The SMILES string of the molecule is CCOC1CC(n2cc(NC(=O)c3csc(-c4cnn(COP(=O)(O)O)c4)n3)c(-c3ccccn3)n2)C1.NCCCCC(N)C(=O)O.NCCCCC(N)C(=O)O. The zero-order valence-electron chi connectivity index (χ0n) is 31.5. The van der Waals surface area contributed by atoms with Crippen LogP contribution in [0.1, 0.15) is 74.8 Å². The normalized spacial score (nSPS) is 15.9. The zero-order chi connectivity index (χ0) is 42.0. The minimum atomic E-state index is -4.62. The van der Waals surface area contributed by atoms with Crippen LogP contribution >= 0.6 is 19.2 Å². The lowest BCUT2D eigenvalue weighted by Gasteiger charge is -2.34. The van der Waals surface area contributed by atoms with E-state index in [-0.39, 0.29) is 17.8 Å². The quantitative estimate of drug-likeness (QED) is 0.0455. The van der Waals surface area contributed by atoms with Crippen LogP contribution in [0.3, 0.4) is 0 Å². The highest BCUT2D eigenvalue weighted by molar-refractivity contribution is 7.46. The van der Waals surface area contributed by atoms with Crippen molar-refractivity contribution in [2.75, 3.05) is 25.0 Å². The smallest absolute Gasteiger partial charge is 0.471 e. The lowest BCUT2D eigenvalue weighted by atomic mass is 9.89. The number of unbranched alkanes of at least 4 members (excludes halogenated alkanes) is 2. The number of hydrogen-bond acceptors (Lipinski definition) is 15. The number of nitrogens with one attached hydrogen (secondary N) is 1. The maximum Gasteiger partial charge on any atom is 0.471 e. The Balaban J connectivity index is 0.000000359. The van der Waals surface area contributed by atoms with Gasteiger partial charge < -0.3 is 53.0 Å². The van der Waals surface area contributed by atoms with Crippen LogP contribution in [0.15, 0.2) is 48.4 Å². The van der Waals surface area contributed by atoms with Crippen molar-refractivity contribution >= 4 is 42.7 Å². The fraction of sp³-hybridized carbons (Fsp3) is 0.500. The summed E-state index contributed by atoms with van der Waals surface area (Å²) < 4.78 is 24.1. The molecule has 4 aromatic rings. The molecule has 0 radical (unpaired) electrons. The molecule has 0 aliphatic heterocycles. The molecule has 0 aromatic carbocycles. The van der Waals surface area contributed by atoms with Crippen LogP contribution < -0.4 is 28.3 Å². The number of pyridine rings is 1. The molecule has 0 spiro atoms. The number of aliphatic carboxylic acids is 2. The van der Waals surface area contributed by atoms with E-state index < -0.39 is 44.5 Å². The zero-order valence-corrected chi connectivity index (χ0v) is 33.2. The van der Waals surface area contributed by atoms with Gasteiger partial charge in [0.1, 0.15) is 28.5 Å². The van der Waals surface area contributed by atoms with E-state index >= 15 is 0 Å². The first-order chi connectivity index (χ1) is 27.1. The molecule has 2 unspecified atom stereocenters. The Hall–Kier alpha value is -4.48. The molecule has 4 aromatic heterocycles. The van der Waals surface area contributed by atoms with E-state index in [0.29, 0.717) is 60.2 Å². The number of hydrogen-bond donors (Lipinski definition) is 9. The molecule has 314 valence electrons. The van der Waals surface area contributed by atoms with Crippen LogP contribution in [0.2, 0.25) is 0 Å². The number of phosphoric acid groups is 1. The Bertz CT molecular complexity index is 1860. The lowest BCUT2D eigenvalue weighted by molar-refractivity contribution is -0.139.